The summed E-state index contributed by atoms with van der Waals surface area (Å²) in [5.74, 6) is 4.21. The zero-order valence-electron chi connectivity index (χ0n) is 8.54. The molecule has 3 N–H and O–H groups in total. The fourth-order valence-corrected chi connectivity index (χ4v) is 2.46. The summed E-state index contributed by atoms with van der Waals surface area (Å²) in [7, 11) is 0. The number of nitrogens with two attached hydrogens (primary N) is 1. The van der Waals surface area contributed by atoms with Gasteiger partial charge < -0.3 is 0 Å². The van der Waals surface area contributed by atoms with Crippen LogP contribution in [0.25, 0.3) is 11.1 Å². The number of benzene rings is 1. The second-order valence-electron chi connectivity index (χ2n) is 3.30. The van der Waals surface area contributed by atoms with Crippen LogP contribution in [-0.2, 0) is 0 Å². The first-order valence-corrected chi connectivity index (χ1v) is 5.98. The van der Waals surface area contributed by atoms with E-state index in [1.54, 1.807) is 16.8 Å². The summed E-state index contributed by atoms with van der Waals surface area (Å²) in [5, 5.41) is 3.48. The highest BCUT2D eigenvalue weighted by atomic mass is 35.5. The third kappa shape index (κ3) is 2.31. The summed E-state index contributed by atoms with van der Waals surface area (Å²) in [6.45, 7) is 0. The molecule has 0 radical (unpaired) electrons. The van der Waals surface area contributed by atoms with Crippen LogP contribution < -0.4 is 11.3 Å². The second-order valence-corrected chi connectivity index (χ2v) is 4.45. The van der Waals surface area contributed by atoms with E-state index in [0.29, 0.717) is 16.7 Å². The Bertz CT molecular complexity index is 570. The maximum absolute atomic E-state index is 13.0. The molecule has 88 valence electrons. The minimum atomic E-state index is -0.490. The Hall–Kier alpha value is -1.43. The number of hydrazine groups is 1. The molecule has 0 fully saturated rings. The molecule has 1 aromatic heterocycles. The Labute approximate surface area is 106 Å². The van der Waals surface area contributed by atoms with E-state index in [4.69, 9.17) is 17.4 Å². The minimum Gasteiger partial charge on any atom is -0.290 e. The Kier molecular flexibility index (Phi) is 3.42. The van der Waals surface area contributed by atoms with Crippen LogP contribution in [-0.4, -0.2) is 5.91 Å². The first-order valence-electron chi connectivity index (χ1n) is 4.66. The van der Waals surface area contributed by atoms with Gasteiger partial charge in [-0.1, -0.05) is 17.7 Å². The molecule has 1 aromatic carbocycles. The van der Waals surface area contributed by atoms with Crippen LogP contribution in [0.4, 0.5) is 4.39 Å². The smallest absolute Gasteiger partial charge is 0.266 e. The van der Waals surface area contributed by atoms with E-state index in [1.165, 1.54) is 23.5 Å². The number of thiophene rings is 1. The topological polar surface area (TPSA) is 55.1 Å². The van der Waals surface area contributed by atoms with Crippen molar-refractivity contribution in [2.75, 3.05) is 0 Å². The van der Waals surface area contributed by atoms with Crippen LogP contribution >= 0.6 is 22.9 Å². The molecule has 2 aromatic rings. The fraction of sp³-hybridized carbons (Fsp3) is 0. The van der Waals surface area contributed by atoms with Crippen LogP contribution in [0.3, 0.4) is 0 Å². The Morgan fingerprint density at radius 1 is 1.41 bits per heavy atom. The zero-order chi connectivity index (χ0) is 12.4. The number of halogens is 2. The number of rotatable bonds is 2. The lowest BCUT2D eigenvalue weighted by atomic mass is 10.0. The molecule has 1 heterocycles. The van der Waals surface area contributed by atoms with E-state index in [9.17, 15) is 9.18 Å². The van der Waals surface area contributed by atoms with Crippen molar-refractivity contribution in [1.29, 1.82) is 0 Å². The van der Waals surface area contributed by atoms with Crippen LogP contribution in [0.2, 0.25) is 5.02 Å². The summed E-state index contributed by atoms with van der Waals surface area (Å²) < 4.78 is 13.0. The van der Waals surface area contributed by atoms with Gasteiger partial charge in [0.25, 0.3) is 5.91 Å². The van der Waals surface area contributed by atoms with Crippen molar-refractivity contribution in [3.63, 3.8) is 0 Å². The van der Waals surface area contributed by atoms with E-state index in [2.05, 4.69) is 5.43 Å². The van der Waals surface area contributed by atoms with Gasteiger partial charge in [-0.3, -0.25) is 10.2 Å². The largest absolute Gasteiger partial charge is 0.290 e. The summed E-state index contributed by atoms with van der Waals surface area (Å²) in [5.41, 5.74) is 3.87. The average Bonchev–Trinajstić information content (AvgIpc) is 2.80. The molecule has 0 saturated carbocycles. The normalized spacial score (nSPS) is 10.3. The SMILES string of the molecule is NNC(=O)c1cscc1-c1ccc(F)c(Cl)c1. The van der Waals surface area contributed by atoms with Gasteiger partial charge in [-0.05, 0) is 23.1 Å². The zero-order valence-corrected chi connectivity index (χ0v) is 10.1. The molecule has 1 amide bonds. The summed E-state index contributed by atoms with van der Waals surface area (Å²) >= 11 is 7.06. The lowest BCUT2D eigenvalue weighted by molar-refractivity contribution is 0.0955. The van der Waals surface area contributed by atoms with Gasteiger partial charge in [0.1, 0.15) is 5.82 Å². The number of nitrogen functional groups attached to an aromatic ring is 1. The van der Waals surface area contributed by atoms with E-state index < -0.39 is 5.82 Å². The molecule has 17 heavy (non-hydrogen) atoms. The van der Waals surface area contributed by atoms with Gasteiger partial charge in [0.05, 0.1) is 10.6 Å². The molecular weight excluding hydrogens is 263 g/mol. The van der Waals surface area contributed by atoms with Crippen molar-refractivity contribution in [1.82, 2.24) is 5.43 Å². The Balaban J connectivity index is 2.50. The monoisotopic (exact) mass is 270 g/mol. The fourth-order valence-electron chi connectivity index (χ4n) is 1.44. The van der Waals surface area contributed by atoms with Gasteiger partial charge in [-0.25, -0.2) is 10.2 Å². The van der Waals surface area contributed by atoms with E-state index >= 15 is 0 Å². The quantitative estimate of drug-likeness (QED) is 0.501. The van der Waals surface area contributed by atoms with Gasteiger partial charge in [0, 0.05) is 10.9 Å². The first kappa shape index (κ1) is 12.0. The number of hydrogen-bond acceptors (Lipinski definition) is 3. The standard InChI is InChI=1S/C11H8ClFN2OS/c12-9-3-6(1-2-10(9)13)7-4-17-5-8(7)11(16)15-14/h1-5H,14H2,(H,15,16). The second kappa shape index (κ2) is 4.83. The summed E-state index contributed by atoms with van der Waals surface area (Å²) in [6.07, 6.45) is 0. The molecular formula is C11H8ClFN2OS. The highest BCUT2D eigenvalue weighted by Crippen LogP contribution is 2.30. The molecule has 2 rings (SSSR count). The molecule has 0 unspecified atom stereocenters. The van der Waals surface area contributed by atoms with Gasteiger partial charge >= 0.3 is 0 Å². The maximum Gasteiger partial charge on any atom is 0.266 e. The molecule has 0 saturated heterocycles. The predicted octanol–water partition coefficient (Wildman–Crippen LogP) is 2.81. The van der Waals surface area contributed by atoms with Crippen molar-refractivity contribution in [2.24, 2.45) is 5.84 Å². The first-order chi connectivity index (χ1) is 8.13. The van der Waals surface area contributed by atoms with Crippen molar-refractivity contribution >= 4 is 28.8 Å². The lowest BCUT2D eigenvalue weighted by Crippen LogP contribution is -2.29. The van der Waals surface area contributed by atoms with Crippen LogP contribution in [0.5, 0.6) is 0 Å². The highest BCUT2D eigenvalue weighted by molar-refractivity contribution is 7.08. The number of carbonyl (C=O) groups is 1. The van der Waals surface area contributed by atoms with Gasteiger partial charge in [0.15, 0.2) is 0 Å². The van der Waals surface area contributed by atoms with Crippen molar-refractivity contribution in [3.8, 4) is 11.1 Å². The molecule has 0 aliphatic heterocycles. The molecule has 0 aliphatic carbocycles. The lowest BCUT2D eigenvalue weighted by Gasteiger charge is -2.04. The number of amides is 1. The third-order valence-corrected chi connectivity index (χ3v) is 3.30. The van der Waals surface area contributed by atoms with Crippen LogP contribution in [0.15, 0.2) is 29.0 Å². The Morgan fingerprint density at radius 2 is 2.18 bits per heavy atom. The maximum atomic E-state index is 13.0. The van der Waals surface area contributed by atoms with E-state index in [1.807, 2.05) is 0 Å². The predicted molar refractivity (Wildman–Crippen MR) is 66.4 cm³/mol. The summed E-state index contributed by atoms with van der Waals surface area (Å²) in [6, 6.07) is 4.31. The molecule has 0 bridgehead atoms. The highest BCUT2D eigenvalue weighted by Gasteiger charge is 2.13. The van der Waals surface area contributed by atoms with Gasteiger partial charge in [0.2, 0.25) is 0 Å². The van der Waals surface area contributed by atoms with Gasteiger partial charge in [-0.2, -0.15) is 11.3 Å². The van der Waals surface area contributed by atoms with E-state index in [-0.39, 0.29) is 10.9 Å². The number of nitrogens with one attached hydrogen (secondary N) is 1. The average molecular weight is 271 g/mol. The summed E-state index contributed by atoms with van der Waals surface area (Å²) in [4.78, 5) is 11.5. The molecule has 3 nitrogen and oxygen atoms in total. The van der Waals surface area contributed by atoms with Gasteiger partial charge in [-0.15, -0.1) is 0 Å². The molecule has 0 atom stereocenters. The van der Waals surface area contributed by atoms with Crippen molar-refractivity contribution < 1.29 is 9.18 Å². The van der Waals surface area contributed by atoms with Crippen molar-refractivity contribution in [2.45, 2.75) is 0 Å². The number of hydrogen-bond donors (Lipinski definition) is 2. The van der Waals surface area contributed by atoms with Crippen LogP contribution in [0, 0.1) is 5.82 Å². The minimum absolute atomic E-state index is 0.0211. The Morgan fingerprint density at radius 3 is 2.82 bits per heavy atom. The van der Waals surface area contributed by atoms with Crippen molar-refractivity contribution in [3.05, 3.63) is 45.4 Å². The van der Waals surface area contributed by atoms with Crippen LogP contribution in [0.1, 0.15) is 10.4 Å². The molecule has 6 heteroatoms. The molecule has 0 aliphatic rings. The number of carbonyl (C=O) groups excluding carboxylic acids is 1. The van der Waals surface area contributed by atoms with E-state index in [0.717, 1.165) is 0 Å². The molecule has 0 spiro atoms. The third-order valence-electron chi connectivity index (χ3n) is 2.27.